The van der Waals surface area contributed by atoms with Gasteiger partial charge in [-0.25, -0.2) is 0 Å². The minimum absolute atomic E-state index is 0.00516. The predicted octanol–water partition coefficient (Wildman–Crippen LogP) is 1.99. The Bertz CT molecular complexity index is 646. The number of nitrogens with one attached hydrogen (secondary N) is 4. The van der Waals surface area contributed by atoms with Crippen molar-refractivity contribution in [2.24, 2.45) is 11.8 Å². The van der Waals surface area contributed by atoms with E-state index in [0.29, 0.717) is 30.0 Å². The fourth-order valence-electron chi connectivity index (χ4n) is 5.94. The first-order valence-corrected chi connectivity index (χ1v) is 11.8. The van der Waals surface area contributed by atoms with Crippen LogP contribution in [-0.2, 0) is 4.74 Å². The summed E-state index contributed by atoms with van der Waals surface area (Å²) in [4.78, 5) is 2.41. The van der Waals surface area contributed by atoms with Crippen LogP contribution in [0.15, 0.2) is 11.6 Å². The van der Waals surface area contributed by atoms with Gasteiger partial charge in [-0.15, -0.1) is 0 Å². The molecule has 0 aromatic rings. The average Bonchev–Trinajstić information content (AvgIpc) is 2.95. The molecule has 3 fully saturated rings. The van der Waals surface area contributed by atoms with E-state index in [2.05, 4.69) is 46.2 Å². The molecular formula is C23H43N5O. The van der Waals surface area contributed by atoms with E-state index in [9.17, 15) is 0 Å². The van der Waals surface area contributed by atoms with E-state index in [1.54, 1.807) is 5.57 Å². The molecule has 0 radical (unpaired) electrons. The topological polar surface area (TPSA) is 60.6 Å². The molecule has 6 heteroatoms. The third kappa shape index (κ3) is 5.60. The Hall–Kier alpha value is -0.500. The highest BCUT2D eigenvalue weighted by Gasteiger charge is 2.42. The van der Waals surface area contributed by atoms with Gasteiger partial charge in [0.05, 0.1) is 12.3 Å². The van der Waals surface area contributed by atoms with Crippen molar-refractivity contribution >= 4 is 0 Å². The first-order valence-electron chi connectivity index (χ1n) is 13.3. The van der Waals surface area contributed by atoms with E-state index >= 15 is 0 Å². The molecule has 4 rings (SSSR count). The number of fused-ring (bicyclic) bond motifs is 1. The van der Waals surface area contributed by atoms with Gasteiger partial charge in [-0.3, -0.25) is 16.0 Å². The highest BCUT2D eigenvalue weighted by atomic mass is 16.5. The van der Waals surface area contributed by atoms with Crippen LogP contribution in [0.25, 0.3) is 0 Å². The van der Waals surface area contributed by atoms with Gasteiger partial charge in [0.2, 0.25) is 0 Å². The molecule has 2 saturated heterocycles. The highest BCUT2D eigenvalue weighted by molar-refractivity contribution is 5.15. The number of rotatable bonds is 5. The number of nitrogens with zero attached hydrogens (tertiary/aromatic N) is 1. The van der Waals surface area contributed by atoms with Crippen molar-refractivity contribution in [1.29, 1.82) is 0 Å². The van der Waals surface area contributed by atoms with E-state index in [0.717, 1.165) is 32.4 Å². The van der Waals surface area contributed by atoms with Crippen LogP contribution in [0, 0.1) is 11.8 Å². The van der Waals surface area contributed by atoms with Gasteiger partial charge in [0, 0.05) is 35.3 Å². The molecule has 3 aliphatic heterocycles. The molecule has 7 unspecified atom stereocenters. The van der Waals surface area contributed by atoms with Crippen LogP contribution in [0.4, 0.5) is 0 Å². The smallest absolute Gasteiger partial charge is 0.113 e. The zero-order valence-electron chi connectivity index (χ0n) is 21.3. The summed E-state index contributed by atoms with van der Waals surface area (Å²) < 4.78 is 28.8. The van der Waals surface area contributed by atoms with Gasteiger partial charge in [0.15, 0.2) is 0 Å². The fraction of sp³-hybridized carbons (Fsp3) is 0.913. The molecule has 166 valence electrons. The maximum atomic E-state index is 7.48. The lowest BCUT2D eigenvalue weighted by Gasteiger charge is -2.47. The first-order chi connectivity index (χ1) is 15.3. The maximum Gasteiger partial charge on any atom is 0.113 e. The van der Waals surface area contributed by atoms with Crippen LogP contribution < -0.4 is 21.3 Å². The minimum Gasteiger partial charge on any atom is -0.377 e. The Balaban J connectivity index is 1.40. The predicted molar refractivity (Wildman–Crippen MR) is 119 cm³/mol. The zero-order valence-corrected chi connectivity index (χ0v) is 18.3. The average molecular weight is 409 g/mol. The summed E-state index contributed by atoms with van der Waals surface area (Å²) in [6.07, 6.45) is 10.8. The Morgan fingerprint density at radius 1 is 1.28 bits per heavy atom. The van der Waals surface area contributed by atoms with Crippen molar-refractivity contribution in [3.8, 4) is 0 Å². The molecule has 1 aliphatic carbocycles. The van der Waals surface area contributed by atoms with Crippen molar-refractivity contribution in [2.45, 2.75) is 89.4 Å². The fourth-order valence-corrected chi connectivity index (χ4v) is 5.94. The Morgan fingerprint density at radius 2 is 2.21 bits per heavy atom. The molecule has 0 bridgehead atoms. The first kappa shape index (κ1) is 18.1. The molecule has 0 aromatic carbocycles. The molecule has 7 atom stereocenters. The molecule has 4 aliphatic rings. The van der Waals surface area contributed by atoms with Gasteiger partial charge in [0.1, 0.15) is 6.29 Å². The van der Waals surface area contributed by atoms with Crippen LogP contribution in [0.1, 0.15) is 62.8 Å². The van der Waals surface area contributed by atoms with Crippen molar-refractivity contribution in [3.63, 3.8) is 0 Å². The summed E-state index contributed by atoms with van der Waals surface area (Å²) in [5.74, 6) is 1.12. The molecule has 29 heavy (non-hydrogen) atoms. The second-order valence-electron chi connectivity index (χ2n) is 9.66. The van der Waals surface area contributed by atoms with E-state index in [1.165, 1.54) is 32.2 Å². The quantitative estimate of drug-likeness (QED) is 0.522. The third-order valence-corrected chi connectivity index (χ3v) is 7.32. The lowest BCUT2D eigenvalue weighted by molar-refractivity contribution is -0.0798. The molecule has 0 spiro atoms. The molecule has 1 saturated carbocycles. The molecule has 4 N–H and O–H groups in total. The Labute approximate surface area is 181 Å². The van der Waals surface area contributed by atoms with Gasteiger partial charge in [-0.1, -0.05) is 18.5 Å². The van der Waals surface area contributed by atoms with Crippen LogP contribution in [0.5, 0.6) is 0 Å². The Morgan fingerprint density at radius 3 is 3.10 bits per heavy atom. The van der Waals surface area contributed by atoms with Crippen molar-refractivity contribution in [3.05, 3.63) is 11.6 Å². The van der Waals surface area contributed by atoms with Crippen LogP contribution >= 0.6 is 0 Å². The van der Waals surface area contributed by atoms with Crippen LogP contribution in [-0.4, -0.2) is 68.8 Å². The van der Waals surface area contributed by atoms with Gasteiger partial charge < -0.3 is 15.0 Å². The van der Waals surface area contributed by atoms with Crippen LogP contribution in [0.2, 0.25) is 0 Å². The van der Waals surface area contributed by atoms with Gasteiger partial charge in [-0.2, -0.15) is 0 Å². The van der Waals surface area contributed by atoms with E-state index in [1.807, 2.05) is 0 Å². The number of hydrogen-bond donors (Lipinski definition) is 4. The summed E-state index contributed by atoms with van der Waals surface area (Å²) in [5, 5.41) is 14.2. The molecule has 0 amide bonds. The molecule has 0 aromatic heterocycles. The summed E-state index contributed by atoms with van der Waals surface area (Å²) >= 11 is 0. The lowest BCUT2D eigenvalue weighted by atomic mass is 9.70. The Kier molecular flexibility index (Phi) is 6.37. The number of ether oxygens (including phenoxy) is 1. The van der Waals surface area contributed by atoms with E-state index in [-0.39, 0.29) is 19.0 Å². The third-order valence-electron chi connectivity index (χ3n) is 7.32. The number of likely N-dealkylation sites (N-methyl/N-ethyl adjacent to an activating group) is 1. The normalized spacial score (nSPS) is 44.0. The summed E-state index contributed by atoms with van der Waals surface area (Å²) in [7, 11) is 2.21. The highest BCUT2D eigenvalue weighted by Crippen LogP contribution is 2.42. The largest absolute Gasteiger partial charge is 0.377 e. The second kappa shape index (κ2) is 10.2. The minimum atomic E-state index is -1.95. The summed E-state index contributed by atoms with van der Waals surface area (Å²) in [6.45, 7) is 3.36. The van der Waals surface area contributed by atoms with E-state index < -0.39 is 6.85 Å². The zero-order chi connectivity index (χ0) is 22.7. The molecular weight excluding hydrogens is 362 g/mol. The van der Waals surface area contributed by atoms with Gasteiger partial charge in [-0.05, 0) is 77.9 Å². The van der Waals surface area contributed by atoms with Gasteiger partial charge >= 0.3 is 0 Å². The monoisotopic (exact) mass is 408 g/mol. The molecule has 6 nitrogen and oxygen atoms in total. The number of hydrogen-bond acceptors (Lipinski definition) is 6. The molecule has 3 heterocycles. The van der Waals surface area contributed by atoms with Crippen molar-refractivity contribution < 1.29 is 8.85 Å². The summed E-state index contributed by atoms with van der Waals surface area (Å²) in [5.41, 5.74) is 1.60. The second-order valence-corrected chi connectivity index (χ2v) is 9.66. The standard InChI is InChI=1S/C23H43N5O/c1-4-24-21-13-16(2)25-23(27-21)26-19-14-18-8-6-12-29-22(18)20(15-19)17-7-5-10-28(3)11-9-17/h9,16,18-27H,4-8,10-15H2,1-3H3/i1D3. The van der Waals surface area contributed by atoms with E-state index in [4.69, 9.17) is 8.85 Å². The maximum absolute atomic E-state index is 7.48. The van der Waals surface area contributed by atoms with Gasteiger partial charge in [0.25, 0.3) is 0 Å². The van der Waals surface area contributed by atoms with Crippen molar-refractivity contribution in [1.82, 2.24) is 26.2 Å². The SMILES string of the molecule is [2H]C([2H])([2H])CNC1CC(C)NC(NC2CC3CCCOC3C(C3=CCN(C)CCC3)C2)N1. The van der Waals surface area contributed by atoms with Crippen molar-refractivity contribution in [2.75, 3.05) is 33.3 Å². The summed E-state index contributed by atoms with van der Waals surface area (Å²) in [6, 6.07) is 0.733. The van der Waals surface area contributed by atoms with Crippen LogP contribution in [0.3, 0.4) is 0 Å². The lowest BCUT2D eigenvalue weighted by Crippen LogP contribution is -2.68.